The zero-order valence-corrected chi connectivity index (χ0v) is 12.7. The second kappa shape index (κ2) is 6.60. The van der Waals surface area contributed by atoms with Gasteiger partial charge < -0.3 is 10.1 Å². The van der Waals surface area contributed by atoms with Gasteiger partial charge in [-0.05, 0) is 49.4 Å². The van der Waals surface area contributed by atoms with Gasteiger partial charge in [-0.25, -0.2) is 0 Å². The van der Waals surface area contributed by atoms with Crippen LogP contribution in [0.2, 0.25) is 0 Å². The van der Waals surface area contributed by atoms with Crippen LogP contribution in [0.25, 0.3) is 0 Å². The molecule has 1 N–H and O–H groups in total. The molecule has 1 amide bonds. The Bertz CT molecular complexity index is 670. The normalized spacial score (nSPS) is 16.5. The van der Waals surface area contributed by atoms with Gasteiger partial charge in [0, 0.05) is 18.4 Å². The number of hydrogen-bond acceptors (Lipinski definition) is 3. The number of amides is 1. The summed E-state index contributed by atoms with van der Waals surface area (Å²) in [5.74, 6) is 0.799. The zero-order valence-electron chi connectivity index (χ0n) is 12.7. The molecular formula is C18H20N2O2. The molecule has 1 aliphatic heterocycles. The molecule has 0 saturated heterocycles. The van der Waals surface area contributed by atoms with Crippen LogP contribution >= 0.6 is 0 Å². The number of aromatic nitrogens is 1. The van der Waals surface area contributed by atoms with E-state index in [4.69, 9.17) is 4.74 Å². The Morgan fingerprint density at radius 2 is 2.18 bits per heavy atom. The van der Waals surface area contributed by atoms with Gasteiger partial charge in [0.15, 0.2) is 6.10 Å². The van der Waals surface area contributed by atoms with Crippen LogP contribution in [-0.4, -0.2) is 23.5 Å². The third-order valence-corrected chi connectivity index (χ3v) is 4.02. The predicted molar refractivity (Wildman–Crippen MR) is 84.9 cm³/mol. The van der Waals surface area contributed by atoms with Crippen molar-refractivity contribution in [1.29, 1.82) is 0 Å². The summed E-state index contributed by atoms with van der Waals surface area (Å²) in [5, 5.41) is 2.97. The Labute approximate surface area is 130 Å². The molecule has 2 aromatic rings. The topological polar surface area (TPSA) is 51.2 Å². The lowest BCUT2D eigenvalue weighted by atomic mass is 10.0. The number of benzene rings is 1. The van der Waals surface area contributed by atoms with E-state index in [2.05, 4.69) is 16.4 Å². The van der Waals surface area contributed by atoms with E-state index in [0.29, 0.717) is 6.54 Å². The highest BCUT2D eigenvalue weighted by Gasteiger charge is 2.25. The van der Waals surface area contributed by atoms with Crippen LogP contribution < -0.4 is 10.1 Å². The van der Waals surface area contributed by atoms with Crippen LogP contribution in [0.3, 0.4) is 0 Å². The number of pyridine rings is 1. The highest BCUT2D eigenvalue weighted by Crippen LogP contribution is 2.26. The molecule has 1 aromatic carbocycles. The predicted octanol–water partition coefficient (Wildman–Crippen LogP) is 2.44. The molecule has 1 aliphatic rings. The Balaban J connectivity index is 1.52. The molecule has 22 heavy (non-hydrogen) atoms. The number of hydrogen-bond donors (Lipinski definition) is 1. The number of nitrogens with one attached hydrogen (secondary N) is 1. The van der Waals surface area contributed by atoms with Gasteiger partial charge in [0.1, 0.15) is 5.75 Å². The van der Waals surface area contributed by atoms with E-state index < -0.39 is 0 Å². The van der Waals surface area contributed by atoms with Gasteiger partial charge in [-0.3, -0.25) is 9.78 Å². The largest absolute Gasteiger partial charge is 0.480 e. The molecule has 0 fully saturated rings. The fourth-order valence-corrected chi connectivity index (χ4v) is 2.72. The van der Waals surface area contributed by atoms with Crippen molar-refractivity contribution < 1.29 is 9.53 Å². The maximum absolute atomic E-state index is 12.2. The molecule has 2 heterocycles. The zero-order chi connectivity index (χ0) is 15.4. The maximum Gasteiger partial charge on any atom is 0.261 e. The van der Waals surface area contributed by atoms with Crippen LogP contribution in [-0.2, 0) is 17.6 Å². The average molecular weight is 296 g/mol. The third-order valence-electron chi connectivity index (χ3n) is 4.02. The van der Waals surface area contributed by atoms with Gasteiger partial charge in [0.2, 0.25) is 0 Å². The van der Waals surface area contributed by atoms with E-state index in [1.807, 2.05) is 37.3 Å². The first-order valence-corrected chi connectivity index (χ1v) is 7.67. The van der Waals surface area contributed by atoms with Gasteiger partial charge in [-0.2, -0.15) is 0 Å². The molecule has 0 aliphatic carbocycles. The van der Waals surface area contributed by atoms with E-state index in [1.54, 1.807) is 6.20 Å². The minimum atomic E-state index is -0.384. The number of aryl methyl sites for hydroxylation is 2. The van der Waals surface area contributed by atoms with Crippen molar-refractivity contribution >= 4 is 5.91 Å². The molecule has 0 bridgehead atoms. The highest BCUT2D eigenvalue weighted by atomic mass is 16.5. The van der Waals surface area contributed by atoms with Crippen molar-refractivity contribution in [3.05, 3.63) is 59.4 Å². The molecule has 0 saturated carbocycles. The molecule has 1 atom stereocenters. The summed E-state index contributed by atoms with van der Waals surface area (Å²) in [6, 6.07) is 11.9. The van der Waals surface area contributed by atoms with E-state index in [9.17, 15) is 4.79 Å². The van der Waals surface area contributed by atoms with E-state index in [-0.39, 0.29) is 12.0 Å². The summed E-state index contributed by atoms with van der Waals surface area (Å²) < 4.78 is 5.80. The first kappa shape index (κ1) is 14.6. The molecule has 4 nitrogen and oxygen atoms in total. The van der Waals surface area contributed by atoms with E-state index >= 15 is 0 Å². The summed E-state index contributed by atoms with van der Waals surface area (Å²) in [5.41, 5.74) is 3.36. The van der Waals surface area contributed by atoms with Crippen LogP contribution in [0, 0.1) is 6.92 Å². The molecule has 114 valence electrons. The fraction of sp³-hybridized carbons (Fsp3) is 0.333. The SMILES string of the molecule is Cc1ncccc1CCNC(=O)C1CCc2ccccc2O1. The van der Waals surface area contributed by atoms with Crippen molar-refractivity contribution in [3.63, 3.8) is 0 Å². The molecule has 1 aromatic heterocycles. The van der Waals surface area contributed by atoms with Gasteiger partial charge >= 0.3 is 0 Å². The Hall–Kier alpha value is -2.36. The first-order valence-electron chi connectivity index (χ1n) is 7.67. The molecule has 4 heteroatoms. The van der Waals surface area contributed by atoms with E-state index in [1.165, 1.54) is 5.56 Å². The van der Waals surface area contributed by atoms with Gasteiger partial charge in [0.25, 0.3) is 5.91 Å². The molecule has 1 unspecified atom stereocenters. The minimum Gasteiger partial charge on any atom is -0.480 e. The van der Waals surface area contributed by atoms with Gasteiger partial charge in [-0.1, -0.05) is 24.3 Å². The van der Waals surface area contributed by atoms with Gasteiger partial charge in [0.05, 0.1) is 0 Å². The van der Waals surface area contributed by atoms with Crippen molar-refractivity contribution in [3.8, 4) is 5.75 Å². The van der Waals surface area contributed by atoms with E-state index in [0.717, 1.165) is 36.3 Å². The Morgan fingerprint density at radius 1 is 1.32 bits per heavy atom. The standard InChI is InChI=1S/C18H20N2O2/c1-13-14(6-4-11-19-13)10-12-20-18(21)17-9-8-15-5-2-3-7-16(15)22-17/h2-7,11,17H,8-10,12H2,1H3,(H,20,21). The lowest BCUT2D eigenvalue weighted by Crippen LogP contribution is -2.41. The second-order valence-corrected chi connectivity index (χ2v) is 5.54. The maximum atomic E-state index is 12.2. The number of ether oxygens (including phenoxy) is 1. The lowest BCUT2D eigenvalue weighted by molar-refractivity contribution is -0.128. The van der Waals surface area contributed by atoms with Crippen LogP contribution in [0.1, 0.15) is 23.2 Å². The lowest BCUT2D eigenvalue weighted by Gasteiger charge is -2.25. The Kier molecular flexibility index (Phi) is 4.37. The average Bonchev–Trinajstić information content (AvgIpc) is 2.56. The number of para-hydroxylation sites is 1. The van der Waals surface area contributed by atoms with Crippen molar-refractivity contribution in [2.24, 2.45) is 0 Å². The van der Waals surface area contributed by atoms with Crippen molar-refractivity contribution in [2.45, 2.75) is 32.3 Å². The number of carbonyl (C=O) groups is 1. The van der Waals surface area contributed by atoms with Crippen LogP contribution in [0.5, 0.6) is 5.75 Å². The molecule has 0 spiro atoms. The number of nitrogens with zero attached hydrogens (tertiary/aromatic N) is 1. The minimum absolute atomic E-state index is 0.0314. The third kappa shape index (κ3) is 3.27. The quantitative estimate of drug-likeness (QED) is 0.943. The molecule has 0 radical (unpaired) electrons. The second-order valence-electron chi connectivity index (χ2n) is 5.54. The summed E-state index contributed by atoms with van der Waals surface area (Å²) in [6.07, 6.45) is 3.80. The monoisotopic (exact) mass is 296 g/mol. The van der Waals surface area contributed by atoms with Crippen molar-refractivity contribution in [1.82, 2.24) is 10.3 Å². The van der Waals surface area contributed by atoms with Crippen molar-refractivity contribution in [2.75, 3.05) is 6.54 Å². The molecular weight excluding hydrogens is 276 g/mol. The summed E-state index contributed by atoms with van der Waals surface area (Å²) in [7, 11) is 0. The molecule has 3 rings (SSSR count). The van der Waals surface area contributed by atoms with Gasteiger partial charge in [-0.15, -0.1) is 0 Å². The summed E-state index contributed by atoms with van der Waals surface area (Å²) >= 11 is 0. The first-order chi connectivity index (χ1) is 10.7. The highest BCUT2D eigenvalue weighted by molar-refractivity contribution is 5.81. The number of rotatable bonds is 4. The number of fused-ring (bicyclic) bond motifs is 1. The van der Waals surface area contributed by atoms with Crippen LogP contribution in [0.15, 0.2) is 42.6 Å². The smallest absolute Gasteiger partial charge is 0.261 e. The van der Waals surface area contributed by atoms with Crippen LogP contribution in [0.4, 0.5) is 0 Å². The summed E-state index contributed by atoms with van der Waals surface area (Å²) in [6.45, 7) is 2.59. The fourth-order valence-electron chi connectivity index (χ4n) is 2.72. The summed E-state index contributed by atoms with van der Waals surface area (Å²) in [4.78, 5) is 16.5. The Morgan fingerprint density at radius 3 is 3.05 bits per heavy atom. The number of carbonyl (C=O) groups excluding carboxylic acids is 1.